The molecule has 0 bridgehead atoms. The number of halogens is 2. The Balaban J connectivity index is 1.51. The fourth-order valence-electron chi connectivity index (χ4n) is 11.6. The summed E-state index contributed by atoms with van der Waals surface area (Å²) >= 11 is 16.1. The third-order valence-electron chi connectivity index (χ3n) is 13.3. The van der Waals surface area contributed by atoms with Crippen molar-refractivity contribution in [2.75, 3.05) is 19.8 Å². The molecule has 3 unspecified atom stereocenters. The predicted octanol–water partition coefficient (Wildman–Crippen LogP) is 12.8. The summed E-state index contributed by atoms with van der Waals surface area (Å²) in [5.74, 6) is 0. The second-order valence-electron chi connectivity index (χ2n) is 17.0. The quantitative estimate of drug-likeness (QED) is 0.284. The topological polar surface area (TPSA) is 15.3 Å². The molecule has 5 aliphatic rings. The lowest BCUT2D eigenvalue weighted by Crippen LogP contribution is -2.53. The average Bonchev–Trinajstić information content (AvgIpc) is 3.64. The molecule has 5 heteroatoms. The maximum absolute atomic E-state index is 8.53. The van der Waals surface area contributed by atoms with E-state index in [0.29, 0.717) is 5.66 Å². The van der Waals surface area contributed by atoms with Gasteiger partial charge in [-0.3, -0.25) is 4.90 Å². The number of nitrogens with one attached hydrogen (secondary N) is 1. The standard InChI is InChI=1S/C46H63Cl2N2P/c1-30-25-32(3)41(33(4)26-30)42-39(47)21-22-46(45(42)50-24-23-49-29-50,43-34(5)27-31(2)28-35(43)6)44(48)38-19-13-14-20-40(38)51(36-15-9-7-10-16-36)37-17-11-8-12-18-37/h21-22,25-28,36-37,40,45,49H,7-20,23-24,29H2,1-6H3. The Labute approximate surface area is 321 Å². The largest absolute Gasteiger partial charge is 0.303 e. The number of allylic oxidation sites excluding steroid dienone is 3. The van der Waals surface area contributed by atoms with Crippen molar-refractivity contribution in [2.24, 2.45) is 0 Å². The fraction of sp³-hybridized carbons (Fsp3) is 0.609. The zero-order chi connectivity index (χ0) is 35.9. The van der Waals surface area contributed by atoms with Gasteiger partial charge >= 0.3 is 0 Å². The molecule has 0 spiro atoms. The molecule has 1 heterocycles. The van der Waals surface area contributed by atoms with Crippen molar-refractivity contribution in [1.29, 1.82) is 0 Å². The highest BCUT2D eigenvalue weighted by Gasteiger charge is 2.53. The molecule has 1 aliphatic heterocycles. The van der Waals surface area contributed by atoms with Gasteiger partial charge < -0.3 is 5.32 Å². The first kappa shape index (κ1) is 37.9. The lowest BCUT2D eigenvalue weighted by Gasteiger charge is -2.51. The molecule has 4 aliphatic carbocycles. The maximum atomic E-state index is 8.53. The first-order chi connectivity index (χ1) is 24.6. The summed E-state index contributed by atoms with van der Waals surface area (Å²) in [5, 5.41) is 5.73. The zero-order valence-corrected chi connectivity index (χ0v) is 34.9. The second kappa shape index (κ2) is 16.1. The van der Waals surface area contributed by atoms with Crippen LogP contribution in [0.25, 0.3) is 5.57 Å². The van der Waals surface area contributed by atoms with Gasteiger partial charge in [-0.2, -0.15) is 0 Å². The summed E-state index contributed by atoms with van der Waals surface area (Å²) in [4.78, 5) is 2.69. The number of hydrogen-bond acceptors (Lipinski definition) is 2. The lowest BCUT2D eigenvalue weighted by atomic mass is 9.62. The Morgan fingerprint density at radius 2 is 1.29 bits per heavy atom. The molecule has 7 rings (SSSR count). The van der Waals surface area contributed by atoms with Crippen LogP contribution in [0.2, 0.25) is 0 Å². The van der Waals surface area contributed by atoms with Crippen LogP contribution in [0.1, 0.15) is 134 Å². The van der Waals surface area contributed by atoms with Gasteiger partial charge in [-0.1, -0.05) is 118 Å². The molecule has 0 radical (unpaired) electrons. The molecule has 3 saturated carbocycles. The minimum Gasteiger partial charge on any atom is -0.303 e. The van der Waals surface area contributed by atoms with E-state index in [1.54, 1.807) is 5.57 Å². The van der Waals surface area contributed by atoms with E-state index in [0.717, 1.165) is 47.6 Å². The molecule has 0 aromatic heterocycles. The Morgan fingerprint density at radius 1 is 0.745 bits per heavy atom. The molecule has 0 amide bonds. The lowest BCUT2D eigenvalue weighted by molar-refractivity contribution is 0.236. The smallest absolute Gasteiger partial charge is 0.0695 e. The van der Waals surface area contributed by atoms with E-state index >= 15 is 0 Å². The van der Waals surface area contributed by atoms with Gasteiger partial charge in [-0.25, -0.2) is 0 Å². The fourth-order valence-corrected chi connectivity index (χ4v) is 17.0. The van der Waals surface area contributed by atoms with Crippen LogP contribution in [0, 0.1) is 41.5 Å². The highest BCUT2D eigenvalue weighted by molar-refractivity contribution is 7.60. The number of aryl methyl sites for hydroxylation is 6. The van der Waals surface area contributed by atoms with Crippen LogP contribution in [0.15, 0.2) is 52.1 Å². The van der Waals surface area contributed by atoms with Gasteiger partial charge in [-0.05, 0) is 148 Å². The number of nitrogens with zero attached hydrogens (tertiary/aromatic N) is 1. The van der Waals surface area contributed by atoms with Crippen LogP contribution in [0.4, 0.5) is 0 Å². The Morgan fingerprint density at radius 3 is 1.84 bits per heavy atom. The summed E-state index contributed by atoms with van der Waals surface area (Å²) in [5.41, 5.74) is 15.4. The van der Waals surface area contributed by atoms with Crippen molar-refractivity contribution in [3.8, 4) is 0 Å². The molecular formula is C46H63Cl2N2P. The molecule has 276 valence electrons. The van der Waals surface area contributed by atoms with Crippen molar-refractivity contribution in [1.82, 2.24) is 10.2 Å². The van der Waals surface area contributed by atoms with E-state index in [2.05, 4.69) is 88.2 Å². The molecule has 51 heavy (non-hydrogen) atoms. The SMILES string of the molecule is Cc1cc(C)c(C2=C(Cl)C=CC(C(Cl)=C3CCCCC3P(C3CCCCC3)C3CCCCC3)(c3c(C)cc(C)cc3C)C2N2CCNC2)c(C)c1. The molecule has 2 nitrogen and oxygen atoms in total. The van der Waals surface area contributed by atoms with Crippen LogP contribution in [0.3, 0.4) is 0 Å². The first-order valence-corrected chi connectivity index (χ1v) is 22.8. The zero-order valence-electron chi connectivity index (χ0n) is 32.4. The normalized spacial score (nSPS) is 28.3. The summed E-state index contributed by atoms with van der Waals surface area (Å²) in [6, 6.07) is 9.48. The van der Waals surface area contributed by atoms with Crippen LogP contribution in [0.5, 0.6) is 0 Å². The summed E-state index contributed by atoms with van der Waals surface area (Å²) < 4.78 is 0. The minimum atomic E-state index is -0.544. The predicted molar refractivity (Wildman–Crippen MR) is 224 cm³/mol. The van der Waals surface area contributed by atoms with Crippen molar-refractivity contribution in [3.05, 3.63) is 96.6 Å². The number of rotatable bonds is 7. The first-order valence-electron chi connectivity index (χ1n) is 20.5. The third kappa shape index (κ3) is 7.25. The highest BCUT2D eigenvalue weighted by atomic mass is 35.5. The van der Waals surface area contributed by atoms with Gasteiger partial charge in [0.1, 0.15) is 0 Å². The van der Waals surface area contributed by atoms with Crippen molar-refractivity contribution < 1.29 is 0 Å². The van der Waals surface area contributed by atoms with Gasteiger partial charge in [0.25, 0.3) is 0 Å². The van der Waals surface area contributed by atoms with Gasteiger partial charge in [0.15, 0.2) is 0 Å². The van der Waals surface area contributed by atoms with Gasteiger partial charge in [-0.15, -0.1) is 0 Å². The molecule has 1 saturated heterocycles. The van der Waals surface area contributed by atoms with Crippen LogP contribution >= 0.6 is 31.1 Å². The van der Waals surface area contributed by atoms with Gasteiger partial charge in [0.05, 0.1) is 11.5 Å². The second-order valence-corrected chi connectivity index (χ2v) is 20.8. The van der Waals surface area contributed by atoms with Crippen LogP contribution < -0.4 is 5.32 Å². The van der Waals surface area contributed by atoms with E-state index in [1.807, 2.05) is 0 Å². The molecule has 2 aromatic carbocycles. The van der Waals surface area contributed by atoms with E-state index in [-0.39, 0.29) is 14.0 Å². The number of hydrogen-bond donors (Lipinski definition) is 1. The van der Waals surface area contributed by atoms with Crippen LogP contribution in [-0.2, 0) is 5.41 Å². The molecular weight excluding hydrogens is 682 g/mol. The van der Waals surface area contributed by atoms with E-state index in [1.165, 1.54) is 134 Å². The summed E-state index contributed by atoms with van der Waals surface area (Å²) in [6.45, 7) is 16.5. The highest BCUT2D eigenvalue weighted by Crippen LogP contribution is 2.65. The monoisotopic (exact) mass is 744 g/mol. The van der Waals surface area contributed by atoms with E-state index < -0.39 is 5.41 Å². The van der Waals surface area contributed by atoms with E-state index in [9.17, 15) is 0 Å². The van der Waals surface area contributed by atoms with Crippen LogP contribution in [-0.4, -0.2) is 47.7 Å². The number of benzene rings is 2. The maximum Gasteiger partial charge on any atom is 0.0695 e. The molecule has 3 atom stereocenters. The Bertz CT molecular complexity index is 1620. The molecule has 4 fully saturated rings. The summed E-state index contributed by atoms with van der Waals surface area (Å²) in [6.07, 6.45) is 24.1. The average molecular weight is 746 g/mol. The minimum absolute atomic E-state index is 0.0247. The Hall–Kier alpha value is -1.41. The summed E-state index contributed by atoms with van der Waals surface area (Å²) in [7, 11) is -0.152. The van der Waals surface area contributed by atoms with Crippen molar-refractivity contribution in [2.45, 2.75) is 160 Å². The van der Waals surface area contributed by atoms with Crippen molar-refractivity contribution in [3.63, 3.8) is 0 Å². The Kier molecular flexibility index (Phi) is 12.0. The van der Waals surface area contributed by atoms with Crippen molar-refractivity contribution >= 4 is 36.7 Å². The van der Waals surface area contributed by atoms with Gasteiger partial charge in [0, 0.05) is 35.5 Å². The molecule has 2 aromatic rings. The molecule has 1 N–H and O–H groups in total. The van der Waals surface area contributed by atoms with E-state index in [4.69, 9.17) is 23.2 Å². The third-order valence-corrected chi connectivity index (χ3v) is 18.2. The van der Waals surface area contributed by atoms with Gasteiger partial charge in [0.2, 0.25) is 0 Å².